The van der Waals surface area contributed by atoms with Crippen LogP contribution in [0.15, 0.2) is 29.3 Å². The van der Waals surface area contributed by atoms with E-state index in [-0.39, 0.29) is 24.0 Å². The van der Waals surface area contributed by atoms with Gasteiger partial charge in [-0.05, 0) is 18.2 Å². The lowest BCUT2D eigenvalue weighted by Crippen LogP contribution is -2.52. The van der Waals surface area contributed by atoms with Gasteiger partial charge in [0.15, 0.2) is 5.96 Å². The molecule has 1 aliphatic heterocycles. The summed E-state index contributed by atoms with van der Waals surface area (Å²) in [5, 5.41) is 3.04. The maximum Gasteiger partial charge on any atom is 0.416 e. The van der Waals surface area contributed by atoms with Gasteiger partial charge in [0.25, 0.3) is 0 Å². The minimum atomic E-state index is -4.32. The molecule has 1 N–H and O–H groups in total. The van der Waals surface area contributed by atoms with Crippen LogP contribution in [-0.4, -0.2) is 50.6 Å². The van der Waals surface area contributed by atoms with E-state index in [0.717, 1.165) is 6.07 Å². The molecule has 1 heterocycles. The van der Waals surface area contributed by atoms with Crippen LogP contribution < -0.4 is 10.2 Å². The minimum absolute atomic E-state index is 0. The highest BCUT2D eigenvalue weighted by atomic mass is 127. The second-order valence-electron chi connectivity index (χ2n) is 5.13. The number of piperazine rings is 1. The molecule has 8 heteroatoms. The fraction of sp³-hybridized carbons (Fsp3) is 0.438. The van der Waals surface area contributed by atoms with Crippen molar-refractivity contribution in [2.45, 2.75) is 6.18 Å². The minimum Gasteiger partial charge on any atom is -0.368 e. The summed E-state index contributed by atoms with van der Waals surface area (Å²) in [6.45, 7) is 2.97. The zero-order chi connectivity index (χ0) is 16.9. The summed E-state index contributed by atoms with van der Waals surface area (Å²) in [4.78, 5) is 8.15. The SMILES string of the molecule is C#CCNC(=NC)N1CCN(c2cccc(C(F)(F)F)c2)CC1.I. The number of guanidine groups is 1. The van der Waals surface area contributed by atoms with Crippen molar-refractivity contribution in [1.29, 1.82) is 0 Å². The highest BCUT2D eigenvalue weighted by molar-refractivity contribution is 14.0. The van der Waals surface area contributed by atoms with Crippen LogP contribution in [0, 0.1) is 12.3 Å². The monoisotopic (exact) mass is 452 g/mol. The van der Waals surface area contributed by atoms with Gasteiger partial charge in [0, 0.05) is 38.9 Å². The van der Waals surface area contributed by atoms with Gasteiger partial charge in [-0.15, -0.1) is 30.4 Å². The Morgan fingerprint density at radius 3 is 2.50 bits per heavy atom. The van der Waals surface area contributed by atoms with Gasteiger partial charge >= 0.3 is 6.18 Å². The molecule has 4 nitrogen and oxygen atoms in total. The molecule has 0 unspecified atom stereocenters. The summed E-state index contributed by atoms with van der Waals surface area (Å²) in [6, 6.07) is 5.43. The standard InChI is InChI=1S/C16H19F3N4.HI/c1-3-7-21-15(20-2)23-10-8-22(9-11-23)14-6-4-5-13(12-14)16(17,18)19;/h1,4-6,12H,7-11H2,2H3,(H,20,21);1H. The van der Waals surface area contributed by atoms with Crippen LogP contribution in [0.4, 0.5) is 18.9 Å². The van der Waals surface area contributed by atoms with Crippen LogP contribution in [-0.2, 0) is 6.18 Å². The molecular weight excluding hydrogens is 432 g/mol. The van der Waals surface area contributed by atoms with Gasteiger partial charge in [0.1, 0.15) is 0 Å². The van der Waals surface area contributed by atoms with Gasteiger partial charge in [0.05, 0.1) is 12.1 Å². The number of anilines is 1. The molecule has 1 fully saturated rings. The largest absolute Gasteiger partial charge is 0.416 e. The molecule has 1 aromatic carbocycles. The van der Waals surface area contributed by atoms with Crippen LogP contribution in [0.1, 0.15) is 5.56 Å². The fourth-order valence-corrected chi connectivity index (χ4v) is 2.52. The van der Waals surface area contributed by atoms with Crippen LogP contribution in [0.5, 0.6) is 0 Å². The Bertz CT molecular complexity index is 602. The maximum absolute atomic E-state index is 12.8. The van der Waals surface area contributed by atoms with Crippen LogP contribution in [0.3, 0.4) is 0 Å². The Hall–Kier alpha value is -1.63. The first-order valence-corrected chi connectivity index (χ1v) is 7.27. The average Bonchev–Trinajstić information content (AvgIpc) is 2.55. The van der Waals surface area contributed by atoms with Crippen molar-refractivity contribution < 1.29 is 13.2 Å². The first-order valence-electron chi connectivity index (χ1n) is 7.27. The van der Waals surface area contributed by atoms with E-state index in [1.165, 1.54) is 12.1 Å². The number of nitrogens with zero attached hydrogens (tertiary/aromatic N) is 3. The first-order chi connectivity index (χ1) is 11.0. The fourth-order valence-electron chi connectivity index (χ4n) is 2.52. The van der Waals surface area contributed by atoms with Gasteiger partial charge in [0.2, 0.25) is 0 Å². The number of aliphatic imine (C=N–C) groups is 1. The summed E-state index contributed by atoms with van der Waals surface area (Å²) in [7, 11) is 1.68. The number of terminal acetylenes is 1. The van der Waals surface area contributed by atoms with Crippen LogP contribution in [0.2, 0.25) is 0 Å². The van der Waals surface area contributed by atoms with E-state index in [2.05, 4.69) is 16.2 Å². The Balaban J connectivity index is 0.00000288. The summed E-state index contributed by atoms with van der Waals surface area (Å²) in [6.07, 6.45) is 0.902. The molecule has 132 valence electrons. The molecule has 1 aliphatic rings. The van der Waals surface area contributed by atoms with E-state index >= 15 is 0 Å². The van der Waals surface area contributed by atoms with Crippen molar-refractivity contribution in [3.05, 3.63) is 29.8 Å². The van der Waals surface area contributed by atoms with E-state index < -0.39 is 11.7 Å². The second-order valence-corrected chi connectivity index (χ2v) is 5.13. The summed E-state index contributed by atoms with van der Waals surface area (Å²) in [5.74, 6) is 3.21. The summed E-state index contributed by atoms with van der Waals surface area (Å²) < 4.78 is 38.4. The zero-order valence-electron chi connectivity index (χ0n) is 13.3. The molecule has 2 rings (SSSR count). The molecule has 1 aromatic rings. The van der Waals surface area contributed by atoms with E-state index in [0.29, 0.717) is 44.4 Å². The van der Waals surface area contributed by atoms with Crippen LogP contribution >= 0.6 is 24.0 Å². The molecular formula is C16H20F3IN4. The molecule has 0 amide bonds. The van der Waals surface area contributed by atoms with Crippen molar-refractivity contribution in [2.75, 3.05) is 44.7 Å². The zero-order valence-corrected chi connectivity index (χ0v) is 15.6. The molecule has 0 spiro atoms. The van der Waals surface area contributed by atoms with Crippen molar-refractivity contribution in [2.24, 2.45) is 4.99 Å². The number of halogens is 4. The molecule has 0 saturated carbocycles. The Labute approximate surface area is 157 Å². The molecule has 0 aliphatic carbocycles. The topological polar surface area (TPSA) is 30.9 Å². The quantitative estimate of drug-likeness (QED) is 0.324. The lowest BCUT2D eigenvalue weighted by molar-refractivity contribution is -0.137. The Morgan fingerprint density at radius 1 is 1.29 bits per heavy atom. The highest BCUT2D eigenvalue weighted by Gasteiger charge is 2.31. The maximum atomic E-state index is 12.8. The molecule has 0 atom stereocenters. The molecule has 1 saturated heterocycles. The molecule has 0 radical (unpaired) electrons. The van der Waals surface area contributed by atoms with Gasteiger partial charge in [-0.25, -0.2) is 0 Å². The number of rotatable bonds is 2. The van der Waals surface area contributed by atoms with Crippen molar-refractivity contribution in [1.82, 2.24) is 10.2 Å². The number of benzene rings is 1. The van der Waals surface area contributed by atoms with E-state index in [1.54, 1.807) is 13.1 Å². The van der Waals surface area contributed by atoms with Gasteiger partial charge in [-0.2, -0.15) is 13.2 Å². The lowest BCUT2D eigenvalue weighted by Gasteiger charge is -2.37. The summed E-state index contributed by atoms with van der Waals surface area (Å²) in [5.41, 5.74) is -0.0324. The Morgan fingerprint density at radius 2 is 1.96 bits per heavy atom. The van der Waals surface area contributed by atoms with Gasteiger partial charge in [-0.3, -0.25) is 4.99 Å². The Kier molecular flexibility index (Phi) is 7.66. The summed E-state index contributed by atoms with van der Waals surface area (Å²) >= 11 is 0. The van der Waals surface area contributed by atoms with Gasteiger partial charge in [-0.1, -0.05) is 12.0 Å². The predicted octanol–water partition coefficient (Wildman–Crippen LogP) is 2.65. The third kappa shape index (κ3) is 5.19. The first kappa shape index (κ1) is 20.4. The van der Waals surface area contributed by atoms with Crippen molar-refractivity contribution in [3.8, 4) is 12.3 Å². The second kappa shape index (κ2) is 9.01. The molecule has 0 bridgehead atoms. The van der Waals surface area contributed by atoms with Crippen molar-refractivity contribution >= 4 is 35.6 Å². The third-order valence-electron chi connectivity index (χ3n) is 3.68. The number of nitrogens with one attached hydrogen (secondary N) is 1. The molecule has 0 aromatic heterocycles. The number of hydrogen-bond acceptors (Lipinski definition) is 2. The van der Waals surface area contributed by atoms with E-state index in [4.69, 9.17) is 6.42 Å². The van der Waals surface area contributed by atoms with Crippen LogP contribution in [0.25, 0.3) is 0 Å². The predicted molar refractivity (Wildman–Crippen MR) is 101 cm³/mol. The smallest absolute Gasteiger partial charge is 0.368 e. The third-order valence-corrected chi connectivity index (χ3v) is 3.68. The average molecular weight is 452 g/mol. The van der Waals surface area contributed by atoms with E-state index in [9.17, 15) is 13.2 Å². The number of hydrogen-bond donors (Lipinski definition) is 1. The number of alkyl halides is 3. The molecule has 24 heavy (non-hydrogen) atoms. The van der Waals surface area contributed by atoms with Crippen molar-refractivity contribution in [3.63, 3.8) is 0 Å². The lowest BCUT2D eigenvalue weighted by atomic mass is 10.1. The van der Waals surface area contributed by atoms with E-state index in [1.807, 2.05) is 9.80 Å². The highest BCUT2D eigenvalue weighted by Crippen LogP contribution is 2.31. The van der Waals surface area contributed by atoms with Gasteiger partial charge < -0.3 is 15.1 Å². The normalized spacial score (nSPS) is 15.5.